The van der Waals surface area contributed by atoms with Crippen LogP contribution in [0.5, 0.6) is 0 Å². The van der Waals surface area contributed by atoms with Crippen LogP contribution in [-0.4, -0.2) is 57.5 Å². The van der Waals surface area contributed by atoms with Crippen molar-refractivity contribution < 1.29 is 23.6 Å². The van der Waals surface area contributed by atoms with Gasteiger partial charge in [0.25, 0.3) is 0 Å². The molecule has 1 aliphatic heterocycles. The van der Waals surface area contributed by atoms with Gasteiger partial charge in [-0.1, -0.05) is 81.3 Å². The molecule has 3 rings (SSSR count). The van der Waals surface area contributed by atoms with Crippen LogP contribution in [0.3, 0.4) is 0 Å². The highest BCUT2D eigenvalue weighted by Gasteiger charge is 2.30. The summed E-state index contributed by atoms with van der Waals surface area (Å²) in [6, 6.07) is 8.44. The Hall–Kier alpha value is -3.43. The maximum atomic E-state index is 12.5. The number of guanidine groups is 1. The van der Waals surface area contributed by atoms with Crippen molar-refractivity contribution in [3.05, 3.63) is 35.7 Å². The fraction of sp³-hybridized carbons (Fsp3) is 0.676. The lowest BCUT2D eigenvalue weighted by molar-refractivity contribution is 0.0555. The van der Waals surface area contributed by atoms with Crippen molar-refractivity contribution in [1.82, 2.24) is 20.4 Å². The molecule has 10 heteroatoms. The van der Waals surface area contributed by atoms with E-state index in [0.29, 0.717) is 31.2 Å². The van der Waals surface area contributed by atoms with Crippen molar-refractivity contribution in [2.45, 2.75) is 130 Å². The summed E-state index contributed by atoms with van der Waals surface area (Å²) in [7, 11) is 0. The predicted octanol–water partition coefficient (Wildman–Crippen LogP) is 8.10. The quantitative estimate of drug-likeness (QED) is 0.145. The predicted molar refractivity (Wildman–Crippen MR) is 172 cm³/mol. The third-order valence-electron chi connectivity index (χ3n) is 7.25. The van der Waals surface area contributed by atoms with Crippen LogP contribution in [0.4, 0.5) is 9.59 Å². The van der Waals surface area contributed by atoms with Crippen LogP contribution in [0.25, 0.3) is 11.4 Å². The van der Waals surface area contributed by atoms with E-state index in [-0.39, 0.29) is 11.9 Å². The molecule has 1 aliphatic rings. The van der Waals surface area contributed by atoms with Crippen molar-refractivity contribution in [3.8, 4) is 11.4 Å². The normalized spacial score (nSPS) is 15.8. The van der Waals surface area contributed by atoms with Gasteiger partial charge in [0.05, 0.1) is 0 Å². The summed E-state index contributed by atoms with van der Waals surface area (Å²) < 4.78 is 16.3. The third-order valence-corrected chi connectivity index (χ3v) is 7.25. The number of aryl methyl sites for hydroxylation is 1. The van der Waals surface area contributed by atoms with E-state index >= 15 is 0 Å². The number of benzene rings is 1. The number of carbonyl (C=O) groups excluding carboxylic acids is 2. The van der Waals surface area contributed by atoms with Crippen LogP contribution in [0, 0.1) is 5.92 Å². The van der Waals surface area contributed by atoms with Gasteiger partial charge in [-0.3, -0.25) is 5.32 Å². The number of alkyl carbamates (subject to hydrolysis) is 1. The number of rotatable bonds is 12. The molecule has 2 amide bonds. The van der Waals surface area contributed by atoms with Crippen LogP contribution >= 0.6 is 0 Å². The monoisotopic (exact) mass is 611 g/mol. The number of ether oxygens (including phenoxy) is 2. The summed E-state index contributed by atoms with van der Waals surface area (Å²) in [5, 5.41) is 6.86. The molecule has 0 saturated carbocycles. The maximum Gasteiger partial charge on any atom is 0.437 e. The molecule has 10 nitrogen and oxygen atoms in total. The number of unbranched alkanes of at least 4 members (excludes halogenated alkanes) is 7. The summed E-state index contributed by atoms with van der Waals surface area (Å²) in [4.78, 5) is 35.6. The van der Waals surface area contributed by atoms with E-state index in [1.807, 2.05) is 4.90 Å². The smallest absolute Gasteiger partial charge is 0.437 e. The molecule has 0 spiro atoms. The van der Waals surface area contributed by atoms with Crippen molar-refractivity contribution in [2.24, 2.45) is 10.9 Å². The first kappa shape index (κ1) is 35.1. The van der Waals surface area contributed by atoms with Gasteiger partial charge < -0.3 is 18.9 Å². The molecule has 0 aliphatic carbocycles. The number of amides is 2. The lowest BCUT2D eigenvalue weighted by Crippen LogP contribution is -2.45. The standard InChI is InChI=1S/C34H53N5O5/c1-8-9-10-11-12-13-14-15-16-25-17-19-27(20-18-25)29-35-28(44-38-29)23-26-21-22-39(24-26)30(36-31(40)42-33(2,3)4)37-32(41)43-34(5,6)7/h17-20,26H,8-16,21-24H2,1-7H3,(H,36,37,40,41)/t26-/m0/s1. The largest absolute Gasteiger partial charge is 0.444 e. The number of hydrogen-bond donors (Lipinski definition) is 1. The second kappa shape index (κ2) is 16.6. The van der Waals surface area contributed by atoms with Gasteiger partial charge in [-0.05, 0) is 72.3 Å². The molecule has 1 N–H and O–H groups in total. The number of nitrogens with zero attached hydrogens (tertiary/aromatic N) is 4. The van der Waals surface area contributed by atoms with Crippen LogP contribution in [0.1, 0.15) is 118 Å². The molecular formula is C34H53N5O5. The van der Waals surface area contributed by atoms with E-state index in [1.54, 1.807) is 41.5 Å². The average molecular weight is 612 g/mol. The van der Waals surface area contributed by atoms with E-state index < -0.39 is 23.4 Å². The van der Waals surface area contributed by atoms with E-state index in [2.05, 4.69) is 51.6 Å². The van der Waals surface area contributed by atoms with Crippen molar-refractivity contribution >= 4 is 18.1 Å². The van der Waals surface area contributed by atoms with E-state index in [1.165, 1.54) is 56.9 Å². The number of carbonyl (C=O) groups is 2. The molecule has 2 aromatic rings. The molecule has 0 radical (unpaired) electrons. The summed E-state index contributed by atoms with van der Waals surface area (Å²) in [6.45, 7) is 14.0. The fourth-order valence-corrected chi connectivity index (χ4v) is 5.12. The van der Waals surface area contributed by atoms with Gasteiger partial charge in [0, 0.05) is 25.1 Å². The molecule has 0 bridgehead atoms. The van der Waals surface area contributed by atoms with E-state index in [9.17, 15) is 9.59 Å². The Morgan fingerprint density at radius 1 is 0.955 bits per heavy atom. The minimum Gasteiger partial charge on any atom is -0.444 e. The molecule has 1 aromatic carbocycles. The van der Waals surface area contributed by atoms with Crippen LogP contribution < -0.4 is 5.32 Å². The second-order valence-corrected chi connectivity index (χ2v) is 13.8. The first-order chi connectivity index (χ1) is 20.8. The van der Waals surface area contributed by atoms with Crippen molar-refractivity contribution in [3.63, 3.8) is 0 Å². The SMILES string of the molecule is CCCCCCCCCCc1ccc(-c2noc(C[C@@H]3CCN(C(=NC(=O)OC(C)(C)C)NC(=O)OC(C)(C)C)C3)n2)cc1. The third kappa shape index (κ3) is 13.1. The van der Waals surface area contributed by atoms with Gasteiger partial charge in [-0.2, -0.15) is 4.98 Å². The van der Waals surface area contributed by atoms with Crippen LogP contribution in [0.15, 0.2) is 33.8 Å². The minimum absolute atomic E-state index is 0.106. The Kier molecular flexibility index (Phi) is 13.2. The average Bonchev–Trinajstić information content (AvgIpc) is 3.58. The zero-order valence-electron chi connectivity index (χ0n) is 27.9. The molecule has 0 unspecified atom stereocenters. The van der Waals surface area contributed by atoms with Gasteiger partial charge in [-0.25, -0.2) is 9.59 Å². The van der Waals surface area contributed by atoms with Gasteiger partial charge in [-0.15, -0.1) is 4.99 Å². The van der Waals surface area contributed by atoms with Gasteiger partial charge >= 0.3 is 12.2 Å². The molecule has 1 fully saturated rings. The summed E-state index contributed by atoms with van der Waals surface area (Å²) in [6.07, 6.45) is 11.6. The lowest BCUT2D eigenvalue weighted by atomic mass is 10.0. The minimum atomic E-state index is -0.780. The van der Waals surface area contributed by atoms with Gasteiger partial charge in [0.1, 0.15) is 11.2 Å². The maximum absolute atomic E-state index is 12.5. The highest BCUT2D eigenvalue weighted by atomic mass is 16.6. The van der Waals surface area contributed by atoms with Crippen LogP contribution in [-0.2, 0) is 22.3 Å². The Balaban J connectivity index is 1.53. The van der Waals surface area contributed by atoms with Crippen molar-refractivity contribution in [1.29, 1.82) is 0 Å². The van der Waals surface area contributed by atoms with Gasteiger partial charge in [0.15, 0.2) is 0 Å². The van der Waals surface area contributed by atoms with Gasteiger partial charge in [0.2, 0.25) is 17.7 Å². The Labute approximate surface area is 263 Å². The Bertz CT molecular complexity index is 1210. The first-order valence-electron chi connectivity index (χ1n) is 16.3. The summed E-state index contributed by atoms with van der Waals surface area (Å²) in [5.41, 5.74) is 0.853. The molecule has 44 heavy (non-hydrogen) atoms. The second-order valence-electron chi connectivity index (χ2n) is 13.8. The summed E-state index contributed by atoms with van der Waals surface area (Å²) in [5.74, 6) is 1.41. The Morgan fingerprint density at radius 3 is 2.23 bits per heavy atom. The highest BCUT2D eigenvalue weighted by molar-refractivity contribution is 5.99. The Morgan fingerprint density at radius 2 is 1.59 bits per heavy atom. The fourth-order valence-electron chi connectivity index (χ4n) is 5.12. The zero-order chi connectivity index (χ0) is 32.2. The molecule has 244 valence electrons. The molecular weight excluding hydrogens is 558 g/mol. The van der Waals surface area contributed by atoms with E-state index in [0.717, 1.165) is 18.4 Å². The number of nitrogens with one attached hydrogen (secondary N) is 1. The van der Waals surface area contributed by atoms with Crippen LogP contribution in [0.2, 0.25) is 0 Å². The topological polar surface area (TPSA) is 119 Å². The van der Waals surface area contributed by atoms with Crippen molar-refractivity contribution in [2.75, 3.05) is 13.1 Å². The summed E-state index contributed by atoms with van der Waals surface area (Å²) >= 11 is 0. The molecule has 1 saturated heterocycles. The molecule has 2 heterocycles. The lowest BCUT2D eigenvalue weighted by Gasteiger charge is -2.24. The number of hydrogen-bond acceptors (Lipinski definition) is 7. The number of likely N-dealkylation sites (tertiary alicyclic amines) is 1. The highest BCUT2D eigenvalue weighted by Crippen LogP contribution is 2.23. The van der Waals surface area contributed by atoms with E-state index in [4.69, 9.17) is 14.0 Å². The molecule has 1 aromatic heterocycles. The number of aromatic nitrogens is 2. The zero-order valence-corrected chi connectivity index (χ0v) is 27.9. The first-order valence-corrected chi connectivity index (χ1v) is 16.3. The number of aliphatic imine (C=N–C) groups is 1. The molecule has 1 atom stereocenters.